The number of rotatable bonds is 2. The first kappa shape index (κ1) is 14.0. The molecule has 1 aromatic rings. The predicted molar refractivity (Wildman–Crippen MR) is 63.9 cm³/mol. The highest BCUT2D eigenvalue weighted by Gasteiger charge is 2.24. The maximum Gasteiger partial charge on any atom is 0.407 e. The number of cyclic esters (lactones) is 1. The van der Waals surface area contributed by atoms with Crippen molar-refractivity contribution in [2.75, 3.05) is 6.61 Å². The standard InChI is InChI=1S/C10H10N2O5.ClH/c13-9-2-1-6(12(15)16)5-7(9)8-3-4-17-10(14)11-8;/h1-2,5,8,13H,3-4H2,(H,11,14);1H/t8-;/m0./s1. The van der Waals surface area contributed by atoms with Crippen molar-refractivity contribution in [3.63, 3.8) is 0 Å². The Hall–Kier alpha value is -2.02. The first-order valence-electron chi connectivity index (χ1n) is 4.98. The molecule has 98 valence electrons. The zero-order valence-electron chi connectivity index (χ0n) is 9.16. The Morgan fingerprint density at radius 2 is 2.22 bits per heavy atom. The van der Waals surface area contributed by atoms with Crippen LogP contribution in [0.2, 0.25) is 0 Å². The number of nitrogens with zero attached hydrogens (tertiary/aromatic N) is 1. The molecule has 2 rings (SSSR count). The summed E-state index contributed by atoms with van der Waals surface area (Å²) < 4.78 is 4.68. The number of halogens is 1. The molecular formula is C10H11ClN2O5. The van der Waals surface area contributed by atoms with Gasteiger partial charge in [0.1, 0.15) is 5.75 Å². The molecule has 0 aromatic heterocycles. The number of nitrogens with one attached hydrogen (secondary N) is 1. The van der Waals surface area contributed by atoms with Gasteiger partial charge in [-0.15, -0.1) is 12.4 Å². The van der Waals surface area contributed by atoms with Gasteiger partial charge < -0.3 is 15.2 Å². The van der Waals surface area contributed by atoms with Crippen LogP contribution in [0.5, 0.6) is 5.75 Å². The van der Waals surface area contributed by atoms with Crippen molar-refractivity contribution in [3.05, 3.63) is 33.9 Å². The van der Waals surface area contributed by atoms with Crippen molar-refractivity contribution < 1.29 is 19.6 Å². The highest BCUT2D eigenvalue weighted by molar-refractivity contribution is 5.85. The third-order valence-corrected chi connectivity index (χ3v) is 2.53. The number of amides is 1. The Bertz CT molecular complexity index is 479. The number of phenolic OH excluding ortho intramolecular Hbond substituents is 1. The van der Waals surface area contributed by atoms with E-state index >= 15 is 0 Å². The molecule has 18 heavy (non-hydrogen) atoms. The van der Waals surface area contributed by atoms with Gasteiger partial charge in [-0.05, 0) is 6.07 Å². The number of phenols is 1. The van der Waals surface area contributed by atoms with Crippen LogP contribution in [-0.2, 0) is 4.74 Å². The Balaban J connectivity index is 0.00000162. The summed E-state index contributed by atoms with van der Waals surface area (Å²) in [4.78, 5) is 21.1. The van der Waals surface area contributed by atoms with Crippen LogP contribution < -0.4 is 5.32 Å². The molecule has 1 fully saturated rings. The Kier molecular flexibility index (Phi) is 4.33. The van der Waals surface area contributed by atoms with Crippen LogP contribution in [0.3, 0.4) is 0 Å². The van der Waals surface area contributed by atoms with E-state index in [9.17, 15) is 20.0 Å². The third kappa shape index (κ3) is 2.80. The fourth-order valence-corrected chi connectivity index (χ4v) is 1.69. The Morgan fingerprint density at radius 1 is 1.50 bits per heavy atom. The highest BCUT2D eigenvalue weighted by atomic mass is 35.5. The van der Waals surface area contributed by atoms with E-state index < -0.39 is 17.1 Å². The summed E-state index contributed by atoms with van der Waals surface area (Å²) in [5.41, 5.74) is 0.203. The number of benzene rings is 1. The third-order valence-electron chi connectivity index (χ3n) is 2.53. The number of aromatic hydroxyl groups is 1. The van der Waals surface area contributed by atoms with Crippen molar-refractivity contribution in [2.45, 2.75) is 12.5 Å². The summed E-state index contributed by atoms with van der Waals surface area (Å²) in [5.74, 6) is -0.0807. The van der Waals surface area contributed by atoms with Crippen LogP contribution in [0.1, 0.15) is 18.0 Å². The number of hydrogen-bond acceptors (Lipinski definition) is 5. The van der Waals surface area contributed by atoms with Gasteiger partial charge in [-0.1, -0.05) is 0 Å². The van der Waals surface area contributed by atoms with Gasteiger partial charge in [-0.25, -0.2) is 4.79 Å². The van der Waals surface area contributed by atoms with Gasteiger partial charge in [-0.3, -0.25) is 10.1 Å². The number of carbonyl (C=O) groups excluding carboxylic acids is 1. The van der Waals surface area contributed by atoms with Gasteiger partial charge in [0.25, 0.3) is 5.69 Å². The smallest absolute Gasteiger partial charge is 0.407 e. The van der Waals surface area contributed by atoms with Crippen LogP contribution >= 0.6 is 12.4 Å². The normalized spacial score (nSPS) is 18.2. The predicted octanol–water partition coefficient (Wildman–Crippen LogP) is 1.89. The number of non-ortho nitro benzene ring substituents is 1. The van der Waals surface area contributed by atoms with Crippen LogP contribution in [0.4, 0.5) is 10.5 Å². The van der Waals surface area contributed by atoms with Crippen molar-refractivity contribution in [1.29, 1.82) is 0 Å². The topological polar surface area (TPSA) is 102 Å². The number of ether oxygens (including phenoxy) is 1. The number of alkyl carbamates (subject to hydrolysis) is 1. The Morgan fingerprint density at radius 3 is 2.83 bits per heavy atom. The van der Waals surface area contributed by atoms with Crippen molar-refractivity contribution >= 4 is 24.2 Å². The van der Waals surface area contributed by atoms with E-state index in [-0.39, 0.29) is 30.5 Å². The van der Waals surface area contributed by atoms with Gasteiger partial charge in [0.2, 0.25) is 0 Å². The largest absolute Gasteiger partial charge is 0.508 e. The van der Waals surface area contributed by atoms with E-state index in [0.29, 0.717) is 12.0 Å². The molecule has 1 amide bonds. The lowest BCUT2D eigenvalue weighted by molar-refractivity contribution is -0.385. The minimum atomic E-state index is -0.591. The summed E-state index contributed by atoms with van der Waals surface area (Å²) in [6.07, 6.45) is -0.132. The van der Waals surface area contributed by atoms with Crippen molar-refractivity contribution in [2.24, 2.45) is 0 Å². The van der Waals surface area contributed by atoms with E-state index in [1.165, 1.54) is 18.2 Å². The minimum absolute atomic E-state index is 0. The SMILES string of the molecule is Cl.O=C1N[C@H](c2cc([N+](=O)[O-])ccc2O)CCO1. The molecule has 8 heteroatoms. The molecule has 1 aliphatic rings. The maximum atomic E-state index is 11.0. The quantitative estimate of drug-likeness (QED) is 0.633. The Labute approximate surface area is 108 Å². The van der Waals surface area contributed by atoms with E-state index in [0.717, 1.165) is 0 Å². The average molecular weight is 275 g/mol. The number of nitro groups is 1. The molecule has 2 N–H and O–H groups in total. The van der Waals surface area contributed by atoms with E-state index in [1.54, 1.807) is 0 Å². The zero-order chi connectivity index (χ0) is 12.4. The molecule has 0 spiro atoms. The van der Waals surface area contributed by atoms with Crippen LogP contribution in [-0.4, -0.2) is 22.7 Å². The van der Waals surface area contributed by atoms with Gasteiger partial charge >= 0.3 is 6.09 Å². The first-order chi connectivity index (χ1) is 8.08. The molecule has 1 heterocycles. The van der Waals surface area contributed by atoms with Crippen molar-refractivity contribution in [3.8, 4) is 5.75 Å². The van der Waals surface area contributed by atoms with Gasteiger partial charge in [0.05, 0.1) is 17.6 Å². The second-order valence-corrected chi connectivity index (χ2v) is 3.62. The molecule has 1 saturated heterocycles. The maximum absolute atomic E-state index is 11.0. The molecule has 0 aliphatic carbocycles. The summed E-state index contributed by atoms with van der Waals surface area (Å²) >= 11 is 0. The number of nitro benzene ring substituents is 1. The van der Waals surface area contributed by atoms with E-state index in [4.69, 9.17) is 0 Å². The lowest BCUT2D eigenvalue weighted by Crippen LogP contribution is -2.35. The molecule has 1 aromatic carbocycles. The molecular weight excluding hydrogens is 264 g/mol. The van der Waals surface area contributed by atoms with Crippen molar-refractivity contribution in [1.82, 2.24) is 5.32 Å². The molecule has 0 unspecified atom stereocenters. The van der Waals surface area contributed by atoms with E-state index in [1.807, 2.05) is 0 Å². The van der Waals surface area contributed by atoms with Crippen LogP contribution in [0, 0.1) is 10.1 Å². The number of carbonyl (C=O) groups is 1. The van der Waals surface area contributed by atoms with E-state index in [2.05, 4.69) is 10.1 Å². The minimum Gasteiger partial charge on any atom is -0.508 e. The summed E-state index contributed by atoms with van der Waals surface area (Å²) in [6.45, 7) is 0.221. The lowest BCUT2D eigenvalue weighted by Gasteiger charge is -2.24. The van der Waals surface area contributed by atoms with Crippen LogP contribution in [0.15, 0.2) is 18.2 Å². The average Bonchev–Trinajstić information content (AvgIpc) is 2.29. The second kappa shape index (κ2) is 5.54. The lowest BCUT2D eigenvalue weighted by atomic mass is 10.0. The summed E-state index contributed by atoms with van der Waals surface area (Å²) in [7, 11) is 0. The fourth-order valence-electron chi connectivity index (χ4n) is 1.69. The van der Waals surface area contributed by atoms with Gasteiger partial charge in [-0.2, -0.15) is 0 Å². The fraction of sp³-hybridized carbons (Fsp3) is 0.300. The molecule has 1 atom stereocenters. The molecule has 0 bridgehead atoms. The monoisotopic (exact) mass is 274 g/mol. The highest BCUT2D eigenvalue weighted by Crippen LogP contribution is 2.31. The molecule has 0 saturated carbocycles. The van der Waals surface area contributed by atoms with Gasteiger partial charge in [0, 0.05) is 24.1 Å². The molecule has 1 aliphatic heterocycles. The summed E-state index contributed by atoms with van der Waals surface area (Å²) in [6, 6.07) is 3.25. The number of hydrogen-bond donors (Lipinski definition) is 2. The molecule has 0 radical (unpaired) electrons. The molecule has 7 nitrogen and oxygen atoms in total. The zero-order valence-corrected chi connectivity index (χ0v) is 9.98. The van der Waals surface area contributed by atoms with Crippen LogP contribution in [0.25, 0.3) is 0 Å². The summed E-state index contributed by atoms with van der Waals surface area (Å²) in [5, 5.41) is 22.8. The first-order valence-corrected chi connectivity index (χ1v) is 4.98. The van der Waals surface area contributed by atoms with Gasteiger partial charge in [0.15, 0.2) is 0 Å². The second-order valence-electron chi connectivity index (χ2n) is 3.62.